The fourth-order valence-electron chi connectivity index (χ4n) is 2.90. The molecule has 1 saturated heterocycles. The van der Waals surface area contributed by atoms with Gasteiger partial charge in [-0.3, -0.25) is 4.79 Å². The zero-order valence-corrected chi connectivity index (χ0v) is 12.4. The Morgan fingerprint density at radius 3 is 2.90 bits per heavy atom. The Kier molecular flexibility index (Phi) is 4.18. The second kappa shape index (κ2) is 6.24. The van der Waals surface area contributed by atoms with Crippen LogP contribution >= 0.6 is 0 Å². The van der Waals surface area contributed by atoms with Crippen molar-refractivity contribution in [3.63, 3.8) is 0 Å². The van der Waals surface area contributed by atoms with E-state index in [0.717, 1.165) is 36.6 Å². The van der Waals surface area contributed by atoms with Crippen LogP contribution in [0.1, 0.15) is 26.2 Å². The Morgan fingerprint density at radius 1 is 1.29 bits per heavy atom. The number of amides is 1. The van der Waals surface area contributed by atoms with Gasteiger partial charge in [0.15, 0.2) is 11.5 Å². The summed E-state index contributed by atoms with van der Waals surface area (Å²) < 4.78 is 11.0. The molecule has 1 fully saturated rings. The van der Waals surface area contributed by atoms with E-state index < -0.39 is 0 Å². The van der Waals surface area contributed by atoms with E-state index in [2.05, 4.69) is 12.2 Å². The Morgan fingerprint density at radius 2 is 2.10 bits per heavy atom. The van der Waals surface area contributed by atoms with E-state index in [4.69, 9.17) is 9.47 Å². The maximum Gasteiger partial charge on any atom is 0.242 e. The van der Waals surface area contributed by atoms with Gasteiger partial charge in [-0.05, 0) is 38.3 Å². The van der Waals surface area contributed by atoms with E-state index in [0.29, 0.717) is 25.8 Å². The molecule has 0 saturated carbocycles. The monoisotopic (exact) mass is 290 g/mol. The Hall–Kier alpha value is -1.91. The second-order valence-electron chi connectivity index (χ2n) is 5.64. The van der Waals surface area contributed by atoms with Crippen LogP contribution in [-0.2, 0) is 4.79 Å². The van der Waals surface area contributed by atoms with Crippen molar-refractivity contribution < 1.29 is 14.3 Å². The molecule has 0 radical (unpaired) electrons. The van der Waals surface area contributed by atoms with Crippen LogP contribution in [0.5, 0.6) is 11.5 Å². The number of benzene rings is 1. The fourth-order valence-corrected chi connectivity index (χ4v) is 2.90. The van der Waals surface area contributed by atoms with Crippen molar-refractivity contribution in [2.24, 2.45) is 0 Å². The first-order valence-electron chi connectivity index (χ1n) is 7.67. The number of ether oxygens (including phenoxy) is 2. The van der Waals surface area contributed by atoms with Crippen molar-refractivity contribution in [1.29, 1.82) is 0 Å². The molecule has 0 aromatic heterocycles. The fraction of sp³-hybridized carbons (Fsp3) is 0.562. The first-order chi connectivity index (χ1) is 10.2. The summed E-state index contributed by atoms with van der Waals surface area (Å²) in [6.45, 7) is 4.49. The predicted molar refractivity (Wildman–Crippen MR) is 80.9 cm³/mol. The van der Waals surface area contributed by atoms with Crippen LogP contribution in [0.25, 0.3) is 0 Å². The number of piperidine rings is 1. The Bertz CT molecular complexity index is 518. The van der Waals surface area contributed by atoms with Crippen LogP contribution in [0.15, 0.2) is 18.2 Å². The van der Waals surface area contributed by atoms with Crippen molar-refractivity contribution in [2.75, 3.05) is 31.6 Å². The molecule has 21 heavy (non-hydrogen) atoms. The summed E-state index contributed by atoms with van der Waals surface area (Å²) in [5.41, 5.74) is 0.886. The van der Waals surface area contributed by atoms with Gasteiger partial charge in [-0.25, -0.2) is 0 Å². The molecule has 1 N–H and O–H groups in total. The average molecular weight is 290 g/mol. The zero-order chi connectivity index (χ0) is 14.7. The van der Waals surface area contributed by atoms with Gasteiger partial charge in [0.25, 0.3) is 0 Å². The van der Waals surface area contributed by atoms with Gasteiger partial charge in [0.05, 0.1) is 6.54 Å². The van der Waals surface area contributed by atoms with Crippen LogP contribution in [0, 0.1) is 0 Å². The van der Waals surface area contributed by atoms with Crippen molar-refractivity contribution >= 4 is 11.6 Å². The normalized spacial score (nSPS) is 21.0. The molecule has 2 aliphatic heterocycles. The topological polar surface area (TPSA) is 50.8 Å². The highest BCUT2D eigenvalue weighted by Gasteiger charge is 2.22. The number of hydrogen-bond acceptors (Lipinski definition) is 4. The minimum Gasteiger partial charge on any atom is -0.486 e. The highest BCUT2D eigenvalue weighted by Crippen LogP contribution is 2.32. The van der Waals surface area contributed by atoms with Crippen LogP contribution in [0.3, 0.4) is 0 Å². The maximum absolute atomic E-state index is 12.3. The SMILES string of the molecule is C[C@H]1CCCCN1C(=O)CNc1ccc2c(c1)OCCO2. The molecule has 0 aliphatic carbocycles. The smallest absolute Gasteiger partial charge is 0.242 e. The van der Waals surface area contributed by atoms with Crippen LogP contribution < -0.4 is 14.8 Å². The standard InChI is InChI=1S/C16H22N2O3/c1-12-4-2-3-7-18(12)16(19)11-17-13-5-6-14-15(10-13)21-9-8-20-14/h5-6,10,12,17H,2-4,7-9,11H2,1H3/t12-/m0/s1. The largest absolute Gasteiger partial charge is 0.486 e. The summed E-state index contributed by atoms with van der Waals surface area (Å²) in [7, 11) is 0. The lowest BCUT2D eigenvalue weighted by Gasteiger charge is -2.33. The van der Waals surface area contributed by atoms with Crippen LogP contribution in [-0.4, -0.2) is 43.2 Å². The minimum absolute atomic E-state index is 0.164. The van der Waals surface area contributed by atoms with Crippen LogP contribution in [0.4, 0.5) is 5.69 Å². The van der Waals surface area contributed by atoms with Gasteiger partial charge in [-0.1, -0.05) is 0 Å². The number of nitrogens with zero attached hydrogens (tertiary/aromatic N) is 1. The lowest BCUT2D eigenvalue weighted by molar-refractivity contribution is -0.132. The predicted octanol–water partition coefficient (Wildman–Crippen LogP) is 2.27. The number of carbonyl (C=O) groups is 1. The third-order valence-electron chi connectivity index (χ3n) is 4.11. The van der Waals surface area contributed by atoms with Gasteiger partial charge in [0.2, 0.25) is 5.91 Å². The zero-order valence-electron chi connectivity index (χ0n) is 12.4. The number of rotatable bonds is 3. The lowest BCUT2D eigenvalue weighted by Crippen LogP contribution is -2.44. The summed E-state index contributed by atoms with van der Waals surface area (Å²) in [6, 6.07) is 6.04. The summed E-state index contributed by atoms with van der Waals surface area (Å²) >= 11 is 0. The third-order valence-corrected chi connectivity index (χ3v) is 4.11. The number of hydrogen-bond donors (Lipinski definition) is 1. The molecule has 2 aliphatic rings. The summed E-state index contributed by atoms with van der Waals surface area (Å²) in [4.78, 5) is 14.3. The van der Waals surface area contributed by atoms with Gasteiger partial charge < -0.3 is 19.7 Å². The molecule has 1 aromatic rings. The molecular formula is C16H22N2O3. The third kappa shape index (κ3) is 3.23. The first kappa shape index (κ1) is 14.0. The van der Waals surface area contributed by atoms with Crippen molar-refractivity contribution in [2.45, 2.75) is 32.2 Å². The van der Waals surface area contributed by atoms with Gasteiger partial charge in [-0.2, -0.15) is 0 Å². The second-order valence-corrected chi connectivity index (χ2v) is 5.64. The van der Waals surface area contributed by atoms with E-state index in [-0.39, 0.29) is 5.91 Å². The Balaban J connectivity index is 1.58. The van der Waals surface area contributed by atoms with Crippen LogP contribution in [0.2, 0.25) is 0 Å². The number of fused-ring (bicyclic) bond motifs is 1. The summed E-state index contributed by atoms with van der Waals surface area (Å²) in [5, 5.41) is 3.19. The quantitative estimate of drug-likeness (QED) is 0.928. The van der Waals surface area contributed by atoms with Gasteiger partial charge >= 0.3 is 0 Å². The van der Waals surface area contributed by atoms with E-state index in [9.17, 15) is 4.79 Å². The molecule has 3 rings (SSSR count). The van der Waals surface area contributed by atoms with E-state index in [1.165, 1.54) is 6.42 Å². The molecular weight excluding hydrogens is 268 g/mol. The molecule has 2 heterocycles. The van der Waals surface area contributed by atoms with Crippen molar-refractivity contribution in [1.82, 2.24) is 4.90 Å². The number of likely N-dealkylation sites (tertiary alicyclic amines) is 1. The van der Waals surface area contributed by atoms with Gasteiger partial charge in [0.1, 0.15) is 13.2 Å². The molecule has 114 valence electrons. The molecule has 5 heteroatoms. The Labute approximate surface area is 125 Å². The minimum atomic E-state index is 0.164. The van der Waals surface area contributed by atoms with E-state index in [1.807, 2.05) is 23.1 Å². The van der Waals surface area contributed by atoms with Crippen molar-refractivity contribution in [3.8, 4) is 11.5 Å². The lowest BCUT2D eigenvalue weighted by atomic mass is 10.0. The average Bonchev–Trinajstić information content (AvgIpc) is 2.53. The van der Waals surface area contributed by atoms with Gasteiger partial charge in [-0.15, -0.1) is 0 Å². The highest BCUT2D eigenvalue weighted by molar-refractivity contribution is 5.81. The molecule has 0 spiro atoms. The molecule has 1 amide bonds. The molecule has 0 unspecified atom stereocenters. The summed E-state index contributed by atoms with van der Waals surface area (Å²) in [5.74, 6) is 1.67. The molecule has 1 atom stereocenters. The van der Waals surface area contributed by atoms with E-state index >= 15 is 0 Å². The first-order valence-corrected chi connectivity index (χ1v) is 7.67. The van der Waals surface area contributed by atoms with Gasteiger partial charge in [0, 0.05) is 24.3 Å². The number of anilines is 1. The highest BCUT2D eigenvalue weighted by atomic mass is 16.6. The summed E-state index contributed by atoms with van der Waals surface area (Å²) in [6.07, 6.45) is 3.44. The number of carbonyl (C=O) groups excluding carboxylic acids is 1. The van der Waals surface area contributed by atoms with Crippen molar-refractivity contribution in [3.05, 3.63) is 18.2 Å². The molecule has 1 aromatic carbocycles. The maximum atomic E-state index is 12.3. The molecule has 5 nitrogen and oxygen atoms in total. The van der Waals surface area contributed by atoms with E-state index in [1.54, 1.807) is 0 Å². The number of nitrogens with one attached hydrogen (secondary N) is 1. The molecule has 0 bridgehead atoms.